The number of amides is 1. The van der Waals surface area contributed by atoms with E-state index < -0.39 is 0 Å². The average molecular weight is 392 g/mol. The lowest BCUT2D eigenvalue weighted by atomic mass is 10.3. The molecule has 1 amide bonds. The zero-order chi connectivity index (χ0) is 20.2. The molecule has 0 bridgehead atoms. The third-order valence-electron chi connectivity index (χ3n) is 4.35. The highest BCUT2D eigenvalue weighted by molar-refractivity contribution is 5.78. The van der Waals surface area contributed by atoms with Crippen LogP contribution in [-0.4, -0.2) is 62.8 Å². The highest BCUT2D eigenvalue weighted by Gasteiger charge is 2.25. The van der Waals surface area contributed by atoms with Crippen molar-refractivity contribution in [3.63, 3.8) is 0 Å². The maximum atomic E-state index is 12.2. The Bertz CT molecular complexity index is 601. The number of carbonyl (C=O) groups excluding carboxylic acids is 2. The maximum Gasteiger partial charge on any atom is 0.307 e. The molecule has 0 radical (unpaired) electrons. The van der Waals surface area contributed by atoms with Crippen LogP contribution >= 0.6 is 0 Å². The van der Waals surface area contributed by atoms with Gasteiger partial charge in [0.25, 0.3) is 0 Å². The Kier molecular flexibility index (Phi) is 9.62. The molecule has 1 N–H and O–H groups in total. The predicted molar refractivity (Wildman–Crippen MR) is 107 cm³/mol. The summed E-state index contributed by atoms with van der Waals surface area (Å²) in [6.45, 7) is 7.27. The standard InChI is InChI=1S/C21H32N2O5/c1-3-26-18-7-9-19(10-8-18)28-14-12-22-20(24)16-23(15-17-5-6-17)13-11-21(25)27-4-2/h7-10,17H,3-6,11-16H2,1-2H3,(H,22,24). The Morgan fingerprint density at radius 2 is 1.75 bits per heavy atom. The molecule has 7 heteroatoms. The van der Waals surface area contributed by atoms with Gasteiger partial charge >= 0.3 is 5.97 Å². The normalized spacial score (nSPS) is 13.2. The van der Waals surface area contributed by atoms with Gasteiger partial charge in [-0.15, -0.1) is 0 Å². The first kappa shape index (κ1) is 22.0. The second kappa shape index (κ2) is 12.2. The fourth-order valence-electron chi connectivity index (χ4n) is 2.80. The van der Waals surface area contributed by atoms with Crippen LogP contribution in [0.3, 0.4) is 0 Å². The van der Waals surface area contributed by atoms with Crippen molar-refractivity contribution in [2.24, 2.45) is 5.92 Å². The molecule has 0 unspecified atom stereocenters. The number of benzene rings is 1. The highest BCUT2D eigenvalue weighted by Crippen LogP contribution is 2.29. The molecular formula is C21H32N2O5. The fraction of sp³-hybridized carbons (Fsp3) is 0.619. The van der Waals surface area contributed by atoms with Crippen molar-refractivity contribution >= 4 is 11.9 Å². The summed E-state index contributed by atoms with van der Waals surface area (Å²) in [7, 11) is 0. The molecule has 1 aromatic carbocycles. The van der Waals surface area contributed by atoms with E-state index in [-0.39, 0.29) is 11.9 Å². The van der Waals surface area contributed by atoms with Gasteiger partial charge in [0, 0.05) is 13.1 Å². The summed E-state index contributed by atoms with van der Waals surface area (Å²) in [5, 5.41) is 2.88. The van der Waals surface area contributed by atoms with Gasteiger partial charge in [0.2, 0.25) is 5.91 Å². The largest absolute Gasteiger partial charge is 0.494 e. The van der Waals surface area contributed by atoms with Gasteiger partial charge in [-0.1, -0.05) is 0 Å². The maximum absolute atomic E-state index is 12.2. The molecule has 0 aromatic heterocycles. The van der Waals surface area contributed by atoms with Crippen molar-refractivity contribution in [2.45, 2.75) is 33.1 Å². The Hall–Kier alpha value is -2.28. The Morgan fingerprint density at radius 1 is 1.07 bits per heavy atom. The van der Waals surface area contributed by atoms with Crippen LogP contribution < -0.4 is 14.8 Å². The minimum Gasteiger partial charge on any atom is -0.494 e. The van der Waals surface area contributed by atoms with Crippen LogP contribution in [0.25, 0.3) is 0 Å². The number of hydrogen-bond donors (Lipinski definition) is 1. The molecule has 0 spiro atoms. The summed E-state index contributed by atoms with van der Waals surface area (Å²) in [5.41, 5.74) is 0. The van der Waals surface area contributed by atoms with Crippen molar-refractivity contribution < 1.29 is 23.8 Å². The van der Waals surface area contributed by atoms with Crippen molar-refractivity contribution in [2.75, 3.05) is 46.0 Å². The first-order valence-corrected chi connectivity index (χ1v) is 10.1. The van der Waals surface area contributed by atoms with E-state index in [1.807, 2.05) is 36.1 Å². The predicted octanol–water partition coefficient (Wildman–Crippen LogP) is 2.25. The summed E-state index contributed by atoms with van der Waals surface area (Å²) in [5.74, 6) is 1.93. The average Bonchev–Trinajstić information content (AvgIpc) is 3.49. The molecule has 1 aliphatic rings. The van der Waals surface area contributed by atoms with E-state index in [1.165, 1.54) is 12.8 Å². The van der Waals surface area contributed by atoms with Gasteiger partial charge < -0.3 is 19.5 Å². The van der Waals surface area contributed by atoms with Crippen LogP contribution in [0.5, 0.6) is 11.5 Å². The molecule has 1 aliphatic carbocycles. The second-order valence-electron chi connectivity index (χ2n) is 6.84. The zero-order valence-electron chi connectivity index (χ0n) is 16.9. The first-order chi connectivity index (χ1) is 13.6. The van der Waals surface area contributed by atoms with Gasteiger partial charge in [0.05, 0.1) is 32.7 Å². The molecule has 1 fully saturated rings. The number of ether oxygens (including phenoxy) is 3. The second-order valence-corrected chi connectivity index (χ2v) is 6.84. The van der Waals surface area contributed by atoms with Gasteiger partial charge in [-0.05, 0) is 56.9 Å². The Balaban J connectivity index is 1.64. The summed E-state index contributed by atoms with van der Waals surface area (Å²) in [6.07, 6.45) is 2.72. The SMILES string of the molecule is CCOC(=O)CCN(CC(=O)NCCOc1ccc(OCC)cc1)CC1CC1. The monoisotopic (exact) mass is 392 g/mol. The topological polar surface area (TPSA) is 77.1 Å². The molecule has 0 saturated heterocycles. The van der Waals surface area contributed by atoms with E-state index in [1.54, 1.807) is 6.92 Å². The molecule has 0 atom stereocenters. The van der Waals surface area contributed by atoms with Crippen LogP contribution in [0.4, 0.5) is 0 Å². The lowest BCUT2D eigenvalue weighted by Gasteiger charge is -2.21. The number of hydrogen-bond acceptors (Lipinski definition) is 6. The van der Waals surface area contributed by atoms with E-state index in [0.717, 1.165) is 18.0 Å². The smallest absolute Gasteiger partial charge is 0.307 e. The summed E-state index contributed by atoms with van der Waals surface area (Å²) < 4.78 is 16.0. The molecule has 1 saturated carbocycles. The van der Waals surface area contributed by atoms with Crippen LogP contribution in [0.1, 0.15) is 33.1 Å². The number of rotatable bonds is 14. The van der Waals surface area contributed by atoms with Crippen LogP contribution in [0, 0.1) is 5.92 Å². The molecule has 1 aromatic rings. The molecule has 7 nitrogen and oxygen atoms in total. The molecule has 2 rings (SSSR count). The molecule has 156 valence electrons. The van der Waals surface area contributed by atoms with E-state index in [0.29, 0.717) is 51.8 Å². The van der Waals surface area contributed by atoms with Crippen LogP contribution in [-0.2, 0) is 14.3 Å². The van der Waals surface area contributed by atoms with Gasteiger partial charge in [0.1, 0.15) is 18.1 Å². The quantitative estimate of drug-likeness (QED) is 0.387. The first-order valence-electron chi connectivity index (χ1n) is 10.1. The number of nitrogens with zero attached hydrogens (tertiary/aromatic N) is 1. The lowest BCUT2D eigenvalue weighted by molar-refractivity contribution is -0.143. The van der Waals surface area contributed by atoms with Crippen molar-refractivity contribution in [3.8, 4) is 11.5 Å². The molecule has 0 aliphatic heterocycles. The lowest BCUT2D eigenvalue weighted by Crippen LogP contribution is -2.40. The zero-order valence-corrected chi connectivity index (χ0v) is 16.9. The summed E-state index contributed by atoms with van der Waals surface area (Å²) in [4.78, 5) is 25.8. The third-order valence-corrected chi connectivity index (χ3v) is 4.35. The minimum atomic E-state index is -0.215. The van der Waals surface area contributed by atoms with Crippen LogP contribution in [0.15, 0.2) is 24.3 Å². The molecule has 28 heavy (non-hydrogen) atoms. The summed E-state index contributed by atoms with van der Waals surface area (Å²) >= 11 is 0. The third kappa shape index (κ3) is 9.08. The van der Waals surface area contributed by atoms with E-state index in [9.17, 15) is 9.59 Å². The van der Waals surface area contributed by atoms with Gasteiger partial charge in [-0.2, -0.15) is 0 Å². The van der Waals surface area contributed by atoms with Gasteiger partial charge in [0.15, 0.2) is 0 Å². The van der Waals surface area contributed by atoms with Crippen molar-refractivity contribution in [1.29, 1.82) is 0 Å². The van der Waals surface area contributed by atoms with E-state index in [4.69, 9.17) is 14.2 Å². The Morgan fingerprint density at radius 3 is 2.36 bits per heavy atom. The fourth-order valence-corrected chi connectivity index (χ4v) is 2.80. The number of esters is 1. The van der Waals surface area contributed by atoms with Gasteiger partial charge in [-0.25, -0.2) is 0 Å². The van der Waals surface area contributed by atoms with Crippen LogP contribution in [0.2, 0.25) is 0 Å². The van der Waals surface area contributed by atoms with Crippen molar-refractivity contribution in [3.05, 3.63) is 24.3 Å². The Labute approximate surface area is 167 Å². The molecule has 0 heterocycles. The summed E-state index contributed by atoms with van der Waals surface area (Å²) in [6, 6.07) is 7.41. The highest BCUT2D eigenvalue weighted by atomic mass is 16.5. The van der Waals surface area contributed by atoms with E-state index >= 15 is 0 Å². The van der Waals surface area contributed by atoms with Gasteiger partial charge in [-0.3, -0.25) is 14.5 Å². The van der Waals surface area contributed by atoms with Crippen molar-refractivity contribution in [1.82, 2.24) is 10.2 Å². The van der Waals surface area contributed by atoms with E-state index in [2.05, 4.69) is 5.32 Å². The number of nitrogens with one attached hydrogen (secondary N) is 1. The minimum absolute atomic E-state index is 0.0557. The molecular weight excluding hydrogens is 360 g/mol. The number of carbonyl (C=O) groups is 2.